The molecule has 1 aromatic rings. The fraction of sp³-hybridized carbons (Fsp3) is 0.533. The predicted molar refractivity (Wildman–Crippen MR) is 68.3 cm³/mol. The summed E-state index contributed by atoms with van der Waals surface area (Å²) >= 11 is 0. The summed E-state index contributed by atoms with van der Waals surface area (Å²) in [7, 11) is 0. The van der Waals surface area contributed by atoms with Gasteiger partial charge in [-0.1, -0.05) is 6.07 Å². The standard InChI is InChI=1S/C15H20O2/c1-9-7-12-13(8-11(9)10(2)16)15(5,6)17-14(12,3)4/h7-8H,1-6H3. The van der Waals surface area contributed by atoms with E-state index in [1.807, 2.05) is 13.0 Å². The third-order valence-electron chi connectivity index (χ3n) is 3.55. The van der Waals surface area contributed by atoms with Crippen LogP contribution in [0.25, 0.3) is 0 Å². The number of aryl methyl sites for hydroxylation is 1. The molecule has 1 heterocycles. The lowest BCUT2D eigenvalue weighted by Gasteiger charge is -2.24. The second kappa shape index (κ2) is 3.42. The molecule has 0 N–H and O–H groups in total. The molecule has 0 amide bonds. The maximum absolute atomic E-state index is 11.6. The quantitative estimate of drug-likeness (QED) is 0.690. The Balaban J connectivity index is 2.72. The molecule has 2 nitrogen and oxygen atoms in total. The van der Waals surface area contributed by atoms with Crippen molar-refractivity contribution in [3.05, 3.63) is 34.4 Å². The summed E-state index contributed by atoms with van der Waals surface area (Å²) in [5, 5.41) is 0. The van der Waals surface area contributed by atoms with Gasteiger partial charge in [0.2, 0.25) is 0 Å². The minimum Gasteiger partial charge on any atom is -0.360 e. The molecule has 2 rings (SSSR count). The molecule has 0 bridgehead atoms. The lowest BCUT2D eigenvalue weighted by Crippen LogP contribution is -2.22. The summed E-state index contributed by atoms with van der Waals surface area (Å²) < 4.78 is 6.09. The lowest BCUT2D eigenvalue weighted by atomic mass is 9.86. The van der Waals surface area contributed by atoms with Gasteiger partial charge in [0.15, 0.2) is 5.78 Å². The molecule has 0 fully saturated rings. The first-order chi connectivity index (χ1) is 7.65. The molecule has 0 radical (unpaired) electrons. The van der Waals surface area contributed by atoms with Crippen LogP contribution in [0.15, 0.2) is 12.1 Å². The Bertz CT molecular complexity index is 496. The number of carbonyl (C=O) groups is 1. The monoisotopic (exact) mass is 232 g/mol. The van der Waals surface area contributed by atoms with Gasteiger partial charge < -0.3 is 4.74 Å². The number of rotatable bonds is 1. The smallest absolute Gasteiger partial charge is 0.160 e. The van der Waals surface area contributed by atoms with Crippen LogP contribution in [0.5, 0.6) is 0 Å². The van der Waals surface area contributed by atoms with E-state index in [1.165, 1.54) is 5.56 Å². The summed E-state index contributed by atoms with van der Waals surface area (Å²) in [6.45, 7) is 11.9. The van der Waals surface area contributed by atoms with Crippen molar-refractivity contribution >= 4 is 5.78 Å². The van der Waals surface area contributed by atoms with Gasteiger partial charge >= 0.3 is 0 Å². The van der Waals surface area contributed by atoms with Crippen LogP contribution >= 0.6 is 0 Å². The van der Waals surface area contributed by atoms with Gasteiger partial charge in [0.25, 0.3) is 0 Å². The Kier molecular flexibility index (Phi) is 2.48. The van der Waals surface area contributed by atoms with Crippen LogP contribution in [0, 0.1) is 6.92 Å². The highest BCUT2D eigenvalue weighted by Crippen LogP contribution is 2.47. The van der Waals surface area contributed by atoms with E-state index in [9.17, 15) is 4.79 Å². The van der Waals surface area contributed by atoms with Crippen LogP contribution in [0.1, 0.15) is 61.7 Å². The molecule has 17 heavy (non-hydrogen) atoms. The molecular formula is C15H20O2. The molecule has 1 aromatic carbocycles. The minimum atomic E-state index is -0.323. The van der Waals surface area contributed by atoms with Gasteiger partial charge in [-0.05, 0) is 64.3 Å². The summed E-state index contributed by atoms with van der Waals surface area (Å²) in [5.41, 5.74) is 3.57. The number of benzene rings is 1. The van der Waals surface area contributed by atoms with Gasteiger partial charge in [-0.3, -0.25) is 4.79 Å². The van der Waals surface area contributed by atoms with Crippen LogP contribution in [-0.2, 0) is 15.9 Å². The predicted octanol–water partition coefficient (Wildman–Crippen LogP) is 3.70. The lowest BCUT2D eigenvalue weighted by molar-refractivity contribution is -0.105. The van der Waals surface area contributed by atoms with Crippen molar-refractivity contribution in [2.24, 2.45) is 0 Å². The van der Waals surface area contributed by atoms with Gasteiger partial charge in [0.1, 0.15) is 0 Å². The molecular weight excluding hydrogens is 212 g/mol. The Labute approximate surface area is 103 Å². The zero-order valence-corrected chi connectivity index (χ0v) is 11.5. The molecule has 0 aliphatic carbocycles. The number of fused-ring (bicyclic) bond motifs is 1. The zero-order chi connectivity index (χ0) is 13.0. The van der Waals surface area contributed by atoms with Crippen LogP contribution in [0.2, 0.25) is 0 Å². The van der Waals surface area contributed by atoms with Crippen LogP contribution in [0.4, 0.5) is 0 Å². The summed E-state index contributed by atoms with van der Waals surface area (Å²) in [5.74, 6) is 0.116. The highest BCUT2D eigenvalue weighted by Gasteiger charge is 2.43. The number of hydrogen-bond acceptors (Lipinski definition) is 2. The van der Waals surface area contributed by atoms with E-state index in [4.69, 9.17) is 4.74 Å². The van der Waals surface area contributed by atoms with Crippen molar-refractivity contribution in [1.29, 1.82) is 0 Å². The van der Waals surface area contributed by atoms with Crippen LogP contribution < -0.4 is 0 Å². The first kappa shape index (κ1) is 12.3. The number of Topliss-reactive ketones (excluding diaryl/α,β-unsaturated/α-hetero) is 1. The molecule has 0 spiro atoms. The molecule has 2 heteroatoms. The highest BCUT2D eigenvalue weighted by molar-refractivity contribution is 5.96. The number of ketones is 1. The normalized spacial score (nSPS) is 20.1. The van der Waals surface area contributed by atoms with E-state index >= 15 is 0 Å². The van der Waals surface area contributed by atoms with E-state index in [1.54, 1.807) is 6.92 Å². The third kappa shape index (κ3) is 1.81. The minimum absolute atomic E-state index is 0.116. The maximum Gasteiger partial charge on any atom is 0.160 e. The molecule has 0 atom stereocenters. The zero-order valence-electron chi connectivity index (χ0n) is 11.5. The first-order valence-corrected chi connectivity index (χ1v) is 6.02. The Morgan fingerprint density at radius 2 is 1.53 bits per heavy atom. The Morgan fingerprint density at radius 1 is 1.06 bits per heavy atom. The van der Waals surface area contributed by atoms with Crippen molar-refractivity contribution in [3.63, 3.8) is 0 Å². The molecule has 1 aliphatic heterocycles. The second-order valence-electron chi connectivity index (χ2n) is 5.89. The van der Waals surface area contributed by atoms with E-state index < -0.39 is 0 Å². The van der Waals surface area contributed by atoms with Crippen molar-refractivity contribution in [3.8, 4) is 0 Å². The number of hydrogen-bond donors (Lipinski definition) is 0. The summed E-state index contributed by atoms with van der Waals surface area (Å²) in [4.78, 5) is 11.6. The van der Waals surface area contributed by atoms with E-state index in [-0.39, 0.29) is 17.0 Å². The first-order valence-electron chi connectivity index (χ1n) is 6.02. The van der Waals surface area contributed by atoms with Crippen molar-refractivity contribution in [2.45, 2.75) is 52.7 Å². The topological polar surface area (TPSA) is 26.3 Å². The molecule has 0 aromatic heterocycles. The van der Waals surface area contributed by atoms with Gasteiger partial charge in [0.05, 0.1) is 11.2 Å². The van der Waals surface area contributed by atoms with Gasteiger partial charge in [-0.25, -0.2) is 0 Å². The summed E-state index contributed by atoms with van der Waals surface area (Å²) in [6.07, 6.45) is 0. The Morgan fingerprint density at radius 3 is 2.00 bits per heavy atom. The third-order valence-corrected chi connectivity index (χ3v) is 3.55. The van der Waals surface area contributed by atoms with Crippen molar-refractivity contribution in [1.82, 2.24) is 0 Å². The average molecular weight is 232 g/mol. The van der Waals surface area contributed by atoms with Gasteiger partial charge in [0, 0.05) is 5.56 Å². The van der Waals surface area contributed by atoms with E-state index in [2.05, 4.69) is 33.8 Å². The Hall–Kier alpha value is -1.15. The molecule has 1 aliphatic rings. The van der Waals surface area contributed by atoms with E-state index in [0.717, 1.165) is 16.7 Å². The van der Waals surface area contributed by atoms with Gasteiger partial charge in [-0.15, -0.1) is 0 Å². The average Bonchev–Trinajstić information content (AvgIpc) is 2.30. The fourth-order valence-electron chi connectivity index (χ4n) is 2.83. The van der Waals surface area contributed by atoms with Crippen LogP contribution in [0.3, 0.4) is 0 Å². The molecule has 0 saturated carbocycles. The van der Waals surface area contributed by atoms with Crippen molar-refractivity contribution < 1.29 is 9.53 Å². The van der Waals surface area contributed by atoms with Crippen molar-refractivity contribution in [2.75, 3.05) is 0 Å². The molecule has 0 saturated heterocycles. The second-order valence-corrected chi connectivity index (χ2v) is 5.89. The fourth-order valence-corrected chi connectivity index (χ4v) is 2.83. The maximum atomic E-state index is 11.6. The highest BCUT2D eigenvalue weighted by atomic mass is 16.5. The van der Waals surface area contributed by atoms with Crippen LogP contribution in [-0.4, -0.2) is 5.78 Å². The van der Waals surface area contributed by atoms with E-state index in [0.29, 0.717) is 0 Å². The molecule has 0 unspecified atom stereocenters. The SMILES string of the molecule is CC(=O)c1cc2c(cc1C)C(C)(C)OC2(C)C. The number of ether oxygens (including phenoxy) is 1. The summed E-state index contributed by atoms with van der Waals surface area (Å²) in [6, 6.07) is 4.10. The molecule has 92 valence electrons. The van der Waals surface area contributed by atoms with Gasteiger partial charge in [-0.2, -0.15) is 0 Å². The number of carbonyl (C=O) groups excluding carboxylic acids is 1. The largest absolute Gasteiger partial charge is 0.360 e.